The number of hydrogen-bond donors (Lipinski definition) is 4. The molecule has 4 aromatic heterocycles. The highest BCUT2D eigenvalue weighted by Gasteiger charge is 2.21. The minimum Gasteiger partial charge on any atom is -0.358 e. The van der Waals surface area contributed by atoms with E-state index in [1.54, 1.807) is 43.8 Å². The van der Waals surface area contributed by atoms with E-state index in [1.165, 1.54) is 12.1 Å². The van der Waals surface area contributed by atoms with Gasteiger partial charge in [0.05, 0.1) is 34.0 Å². The first-order valence-electron chi connectivity index (χ1n) is 14.9. The van der Waals surface area contributed by atoms with Crippen LogP contribution in [-0.4, -0.2) is 37.2 Å². The number of allylic oxidation sites excluding steroid dienone is 1. The zero-order valence-electron chi connectivity index (χ0n) is 26.7. The molecule has 0 aliphatic rings. The molecular formula is C36H38F2N8. The highest BCUT2D eigenvalue weighted by Crippen LogP contribution is 2.35. The van der Waals surface area contributed by atoms with Crippen LogP contribution in [0.2, 0.25) is 0 Å². The van der Waals surface area contributed by atoms with Gasteiger partial charge in [-0.3, -0.25) is 15.1 Å². The highest BCUT2D eigenvalue weighted by atomic mass is 19.1. The molecule has 4 N–H and O–H groups in total. The van der Waals surface area contributed by atoms with Gasteiger partial charge in [0, 0.05) is 41.3 Å². The van der Waals surface area contributed by atoms with Crippen LogP contribution in [-0.2, 0) is 6.54 Å². The summed E-state index contributed by atoms with van der Waals surface area (Å²) in [4.78, 5) is 16.8. The van der Waals surface area contributed by atoms with Gasteiger partial charge in [0.2, 0.25) is 0 Å². The monoisotopic (exact) mass is 620 g/mol. The molecule has 236 valence electrons. The van der Waals surface area contributed by atoms with Crippen LogP contribution in [0.1, 0.15) is 33.3 Å². The van der Waals surface area contributed by atoms with Crippen LogP contribution >= 0.6 is 0 Å². The molecule has 46 heavy (non-hydrogen) atoms. The maximum atomic E-state index is 16.2. The topological polar surface area (TPSA) is 107 Å². The Morgan fingerprint density at radius 1 is 0.978 bits per heavy atom. The standard InChI is InChI=1S/C31H28F2N8.C3H4.C2H6/c1-16(2)17(3)37-22-12-20(14-35-15-22)23-5-6-24-26(27(23)33)30(41-40-24)31-38-25-7-8-36-28(29(25)39-31)19-9-18(13-34-4)10-21(32)11-19;1-3-2;1-2/h5-12,14-16,34,37H,3,13H2,1-2,4H3,(H,38,39)(H,40,41);1-2H2;1-2H3. The summed E-state index contributed by atoms with van der Waals surface area (Å²) in [7, 11) is 1.80. The second-order valence-corrected chi connectivity index (χ2v) is 10.5. The summed E-state index contributed by atoms with van der Waals surface area (Å²) in [5.74, 6) is -0.215. The predicted octanol–water partition coefficient (Wildman–Crippen LogP) is 8.79. The first-order valence-corrected chi connectivity index (χ1v) is 14.9. The maximum absolute atomic E-state index is 16.2. The zero-order chi connectivity index (χ0) is 33.4. The Balaban J connectivity index is 0.000000908. The van der Waals surface area contributed by atoms with Crippen LogP contribution < -0.4 is 10.6 Å². The van der Waals surface area contributed by atoms with E-state index in [0.29, 0.717) is 62.4 Å². The molecule has 6 rings (SSSR count). The van der Waals surface area contributed by atoms with E-state index in [0.717, 1.165) is 16.9 Å². The Hall–Kier alpha value is -5.44. The number of nitrogens with one attached hydrogen (secondary N) is 4. The predicted molar refractivity (Wildman–Crippen MR) is 184 cm³/mol. The third-order valence-corrected chi connectivity index (χ3v) is 6.96. The van der Waals surface area contributed by atoms with Crippen molar-refractivity contribution in [1.82, 2.24) is 35.5 Å². The summed E-state index contributed by atoms with van der Waals surface area (Å²) in [6.45, 7) is 18.9. The molecule has 0 radical (unpaired) electrons. The number of imidazole rings is 1. The molecule has 0 amide bonds. The van der Waals surface area contributed by atoms with Gasteiger partial charge < -0.3 is 15.6 Å². The lowest BCUT2D eigenvalue weighted by Crippen LogP contribution is -2.05. The van der Waals surface area contributed by atoms with Gasteiger partial charge >= 0.3 is 0 Å². The number of fused-ring (bicyclic) bond motifs is 2. The number of benzene rings is 2. The highest BCUT2D eigenvalue weighted by molar-refractivity contribution is 5.98. The van der Waals surface area contributed by atoms with Crippen molar-refractivity contribution in [2.45, 2.75) is 34.2 Å². The zero-order valence-corrected chi connectivity index (χ0v) is 26.7. The van der Waals surface area contributed by atoms with Crippen LogP contribution in [0.3, 0.4) is 0 Å². The third-order valence-electron chi connectivity index (χ3n) is 6.96. The van der Waals surface area contributed by atoms with E-state index in [1.807, 2.05) is 39.8 Å². The molecule has 0 saturated heterocycles. The minimum absolute atomic E-state index is 0.232. The summed E-state index contributed by atoms with van der Waals surface area (Å²) in [5.41, 5.74) is 8.75. The summed E-state index contributed by atoms with van der Waals surface area (Å²) < 4.78 is 30.6. The van der Waals surface area contributed by atoms with Crippen molar-refractivity contribution in [2.75, 3.05) is 12.4 Å². The van der Waals surface area contributed by atoms with E-state index in [9.17, 15) is 4.39 Å². The van der Waals surface area contributed by atoms with Crippen molar-refractivity contribution >= 4 is 27.6 Å². The van der Waals surface area contributed by atoms with Crippen molar-refractivity contribution in [1.29, 1.82) is 0 Å². The van der Waals surface area contributed by atoms with Crippen molar-refractivity contribution in [2.24, 2.45) is 5.92 Å². The van der Waals surface area contributed by atoms with Crippen molar-refractivity contribution in [3.8, 4) is 33.9 Å². The molecular weight excluding hydrogens is 582 g/mol. The fourth-order valence-electron chi connectivity index (χ4n) is 4.80. The number of nitrogens with zero attached hydrogens (tertiary/aromatic N) is 4. The largest absolute Gasteiger partial charge is 0.358 e. The molecule has 4 heterocycles. The van der Waals surface area contributed by atoms with Gasteiger partial charge in [-0.25, -0.2) is 13.8 Å². The minimum atomic E-state index is -0.450. The molecule has 0 unspecified atom stereocenters. The van der Waals surface area contributed by atoms with Crippen LogP contribution in [0.5, 0.6) is 0 Å². The molecule has 0 spiro atoms. The Labute approximate surface area is 267 Å². The lowest BCUT2D eigenvalue weighted by Gasteiger charge is -2.13. The van der Waals surface area contributed by atoms with Gasteiger partial charge in [-0.1, -0.05) is 47.4 Å². The summed E-state index contributed by atoms with van der Waals surface area (Å²) in [6, 6.07) is 11.9. The number of hydrogen-bond acceptors (Lipinski definition) is 6. The van der Waals surface area contributed by atoms with Gasteiger partial charge in [0.1, 0.15) is 22.8 Å². The van der Waals surface area contributed by atoms with Gasteiger partial charge in [-0.05, 0) is 61.0 Å². The van der Waals surface area contributed by atoms with Gasteiger partial charge in [-0.15, -0.1) is 5.73 Å². The fraction of sp³-hybridized carbons (Fsp3) is 0.194. The number of rotatable bonds is 8. The molecule has 6 aromatic rings. The van der Waals surface area contributed by atoms with Crippen LogP contribution in [0, 0.1) is 17.6 Å². The summed E-state index contributed by atoms with van der Waals surface area (Å²) in [5, 5.41) is 13.9. The lowest BCUT2D eigenvalue weighted by atomic mass is 10.0. The average molecular weight is 621 g/mol. The van der Waals surface area contributed by atoms with E-state index in [-0.39, 0.29) is 11.7 Å². The van der Waals surface area contributed by atoms with Crippen molar-refractivity contribution in [3.63, 3.8) is 0 Å². The summed E-state index contributed by atoms with van der Waals surface area (Å²) >= 11 is 0. The quantitative estimate of drug-likeness (QED) is 0.127. The molecule has 0 fully saturated rings. The van der Waals surface area contributed by atoms with E-state index >= 15 is 4.39 Å². The first-order chi connectivity index (χ1) is 22.2. The Morgan fingerprint density at radius 2 is 1.74 bits per heavy atom. The fourth-order valence-corrected chi connectivity index (χ4v) is 4.80. The molecule has 0 bridgehead atoms. The van der Waals surface area contributed by atoms with Gasteiger partial charge in [0.25, 0.3) is 0 Å². The average Bonchev–Trinajstić information content (AvgIpc) is 3.67. The Kier molecular flexibility index (Phi) is 10.9. The molecule has 2 aromatic carbocycles. The number of anilines is 1. The lowest BCUT2D eigenvalue weighted by molar-refractivity contribution is 0.624. The summed E-state index contributed by atoms with van der Waals surface area (Å²) in [6.07, 6.45) is 4.93. The normalized spacial score (nSPS) is 10.6. The van der Waals surface area contributed by atoms with Gasteiger partial charge in [-0.2, -0.15) is 5.10 Å². The van der Waals surface area contributed by atoms with Crippen LogP contribution in [0.25, 0.3) is 55.8 Å². The first kappa shape index (κ1) is 33.5. The van der Waals surface area contributed by atoms with Crippen molar-refractivity contribution < 1.29 is 8.78 Å². The molecule has 0 aliphatic carbocycles. The number of pyridine rings is 2. The van der Waals surface area contributed by atoms with E-state index in [4.69, 9.17) is 4.98 Å². The van der Waals surface area contributed by atoms with Crippen LogP contribution in [0.15, 0.2) is 92.2 Å². The smallest absolute Gasteiger partial charge is 0.159 e. The van der Waals surface area contributed by atoms with Crippen LogP contribution in [0.4, 0.5) is 14.5 Å². The third kappa shape index (κ3) is 7.10. The molecule has 0 aliphatic heterocycles. The number of aromatic nitrogens is 6. The molecule has 0 saturated carbocycles. The SMILES string of the molecule is C=C(Nc1cncc(-c2ccc3[nH]nc(-c4nc5c(-c6cc(F)cc(CNC)c6)nccc5[nH]4)c3c2F)c1)C(C)C.C=C=C.CC. The van der Waals surface area contributed by atoms with Crippen molar-refractivity contribution in [3.05, 3.63) is 109 Å². The number of H-pyrrole nitrogens is 2. The molecule has 0 atom stereocenters. The Morgan fingerprint density at radius 3 is 2.46 bits per heavy atom. The maximum Gasteiger partial charge on any atom is 0.159 e. The van der Waals surface area contributed by atoms with E-state index in [2.05, 4.69) is 61.3 Å². The molecule has 8 nitrogen and oxygen atoms in total. The van der Waals surface area contributed by atoms with Gasteiger partial charge in [0.15, 0.2) is 5.82 Å². The molecule has 10 heteroatoms. The Bertz CT molecular complexity index is 2020. The second-order valence-electron chi connectivity index (χ2n) is 10.5. The van der Waals surface area contributed by atoms with E-state index < -0.39 is 5.82 Å². The second kappa shape index (κ2) is 15.0. The number of halogens is 2. The number of aromatic amines is 2.